The highest BCUT2D eigenvalue weighted by molar-refractivity contribution is 7.81. The van der Waals surface area contributed by atoms with Gasteiger partial charge in [0.15, 0.2) is 0 Å². The van der Waals surface area contributed by atoms with Crippen molar-refractivity contribution in [3.8, 4) is 0 Å². The Morgan fingerprint density at radius 3 is 2.33 bits per heavy atom. The molecule has 0 amide bonds. The fourth-order valence-corrected chi connectivity index (χ4v) is 6.64. The molecule has 5 aliphatic carbocycles. The fraction of sp³-hybridized carbons (Fsp3) is 1.00. The van der Waals surface area contributed by atoms with Crippen LogP contribution >= 0.6 is 12.6 Å². The van der Waals surface area contributed by atoms with Crippen molar-refractivity contribution in [2.24, 2.45) is 35.5 Å². The smallest absolute Gasteiger partial charge is 0.0135 e. The van der Waals surface area contributed by atoms with Crippen LogP contribution in [0.25, 0.3) is 0 Å². The Morgan fingerprint density at radius 1 is 0.933 bits per heavy atom. The molecule has 15 heavy (non-hydrogen) atoms. The lowest BCUT2D eigenvalue weighted by Crippen LogP contribution is -2.53. The maximum Gasteiger partial charge on any atom is 0.0135 e. The highest BCUT2D eigenvalue weighted by atomic mass is 32.1. The third kappa shape index (κ3) is 1.06. The summed E-state index contributed by atoms with van der Waals surface area (Å²) in [7, 11) is 0. The zero-order valence-electron chi connectivity index (χ0n) is 9.65. The van der Waals surface area contributed by atoms with Crippen LogP contribution in [-0.4, -0.2) is 4.75 Å². The van der Waals surface area contributed by atoms with E-state index in [0.29, 0.717) is 4.75 Å². The molecular weight excluding hydrogens is 200 g/mol. The lowest BCUT2D eigenvalue weighted by molar-refractivity contribution is -0.0322. The van der Waals surface area contributed by atoms with Crippen molar-refractivity contribution >= 4 is 12.6 Å². The molecule has 0 nitrogen and oxygen atoms in total. The Hall–Kier alpha value is 0.350. The van der Waals surface area contributed by atoms with Crippen molar-refractivity contribution in [3.63, 3.8) is 0 Å². The molecule has 1 heteroatoms. The Morgan fingerprint density at radius 2 is 1.60 bits per heavy atom. The molecule has 5 fully saturated rings. The normalized spacial score (nSPS) is 66.0. The van der Waals surface area contributed by atoms with E-state index < -0.39 is 0 Å². The van der Waals surface area contributed by atoms with Crippen LogP contribution in [-0.2, 0) is 0 Å². The molecule has 0 aromatic rings. The zero-order chi connectivity index (χ0) is 10.2. The van der Waals surface area contributed by atoms with Gasteiger partial charge in [-0.15, -0.1) is 0 Å². The molecule has 0 saturated heterocycles. The molecule has 0 N–H and O–H groups in total. The minimum atomic E-state index is 0.383. The molecule has 0 aromatic carbocycles. The summed E-state index contributed by atoms with van der Waals surface area (Å²) in [5, 5.41) is 0. The molecule has 6 unspecified atom stereocenters. The Balaban J connectivity index is 1.75. The van der Waals surface area contributed by atoms with Crippen LogP contribution in [0.15, 0.2) is 0 Å². The largest absolute Gasteiger partial charge is 0.172 e. The number of thiol groups is 1. The van der Waals surface area contributed by atoms with Crippen molar-refractivity contribution in [1.82, 2.24) is 0 Å². The highest BCUT2D eigenvalue weighted by Crippen LogP contribution is 2.67. The lowest BCUT2D eigenvalue weighted by atomic mass is 9.51. The van der Waals surface area contributed by atoms with E-state index in [0.717, 1.165) is 35.5 Å². The van der Waals surface area contributed by atoms with Crippen molar-refractivity contribution in [2.45, 2.75) is 50.2 Å². The van der Waals surface area contributed by atoms with Crippen LogP contribution in [0.1, 0.15) is 45.4 Å². The van der Waals surface area contributed by atoms with Gasteiger partial charge in [0, 0.05) is 4.75 Å². The first-order chi connectivity index (χ1) is 7.17. The molecule has 0 aliphatic heterocycles. The van der Waals surface area contributed by atoms with E-state index in [1.807, 2.05) is 0 Å². The first-order valence-corrected chi connectivity index (χ1v) is 7.34. The van der Waals surface area contributed by atoms with Crippen molar-refractivity contribution < 1.29 is 0 Å². The summed E-state index contributed by atoms with van der Waals surface area (Å²) >= 11 is 5.00. The van der Waals surface area contributed by atoms with Crippen molar-refractivity contribution in [2.75, 3.05) is 0 Å². The summed E-state index contributed by atoms with van der Waals surface area (Å²) < 4.78 is 0.383. The first kappa shape index (κ1) is 9.39. The van der Waals surface area contributed by atoms with Crippen LogP contribution < -0.4 is 0 Å². The number of rotatable bonds is 0. The van der Waals surface area contributed by atoms with Gasteiger partial charge in [-0.1, -0.05) is 6.92 Å². The van der Waals surface area contributed by atoms with Gasteiger partial charge in [-0.3, -0.25) is 0 Å². The average molecular weight is 222 g/mol. The van der Waals surface area contributed by atoms with Gasteiger partial charge in [-0.05, 0) is 74.0 Å². The number of hydrogen-bond donors (Lipinski definition) is 1. The Labute approximate surface area is 98.6 Å². The summed E-state index contributed by atoms with van der Waals surface area (Å²) in [5.41, 5.74) is 0. The van der Waals surface area contributed by atoms with Gasteiger partial charge >= 0.3 is 0 Å². The van der Waals surface area contributed by atoms with E-state index in [9.17, 15) is 0 Å². The standard InChI is InChI=1S/C14H22S/c1-14(15)7-10-4-5-11(14)13-9-3-2-8(6-9)12(10)13/h8-13,15H,2-7H2,1H3/t8-,9?,10?,11?,12?,13?,14?/m1/s1. The minimum absolute atomic E-state index is 0.383. The van der Waals surface area contributed by atoms with Crippen LogP contribution in [0.2, 0.25) is 0 Å². The molecule has 0 aromatic heterocycles. The summed E-state index contributed by atoms with van der Waals surface area (Å²) in [6.45, 7) is 2.43. The van der Waals surface area contributed by atoms with E-state index in [2.05, 4.69) is 6.92 Å². The molecule has 84 valence electrons. The summed E-state index contributed by atoms with van der Waals surface area (Å²) in [6, 6.07) is 0. The van der Waals surface area contributed by atoms with Gasteiger partial charge in [-0.25, -0.2) is 0 Å². The molecule has 5 aliphatic rings. The fourth-order valence-electron chi connectivity index (χ4n) is 6.10. The predicted molar refractivity (Wildman–Crippen MR) is 66.0 cm³/mol. The molecule has 4 bridgehead atoms. The van der Waals surface area contributed by atoms with Gasteiger partial charge in [0.1, 0.15) is 0 Å². The lowest BCUT2D eigenvalue weighted by Gasteiger charge is -2.57. The SMILES string of the molecule is CC1(S)CC2CCC1C1C3CC[C@H](C3)C21. The van der Waals surface area contributed by atoms with E-state index in [1.54, 1.807) is 19.3 Å². The zero-order valence-corrected chi connectivity index (χ0v) is 10.5. The maximum absolute atomic E-state index is 5.00. The third-order valence-electron chi connectivity index (χ3n) is 6.38. The van der Waals surface area contributed by atoms with E-state index in [-0.39, 0.29) is 0 Å². The number of fused-ring (bicyclic) bond motifs is 4. The predicted octanol–water partition coefficient (Wildman–Crippen LogP) is 3.77. The molecule has 0 heterocycles. The van der Waals surface area contributed by atoms with Gasteiger partial charge in [0.05, 0.1) is 0 Å². The third-order valence-corrected chi connectivity index (χ3v) is 6.89. The first-order valence-electron chi connectivity index (χ1n) is 6.89. The van der Waals surface area contributed by atoms with Gasteiger partial charge in [-0.2, -0.15) is 12.6 Å². The topological polar surface area (TPSA) is 0 Å². The van der Waals surface area contributed by atoms with Gasteiger partial charge in [0.2, 0.25) is 0 Å². The van der Waals surface area contributed by atoms with Crippen LogP contribution in [0.5, 0.6) is 0 Å². The van der Waals surface area contributed by atoms with Crippen molar-refractivity contribution in [1.29, 1.82) is 0 Å². The average Bonchev–Trinajstić information content (AvgIpc) is 2.77. The van der Waals surface area contributed by atoms with Crippen LogP contribution in [0.3, 0.4) is 0 Å². The molecule has 0 spiro atoms. The monoisotopic (exact) mass is 222 g/mol. The second-order valence-electron chi connectivity index (χ2n) is 6.99. The van der Waals surface area contributed by atoms with Crippen molar-refractivity contribution in [3.05, 3.63) is 0 Å². The second-order valence-corrected chi connectivity index (χ2v) is 8.01. The van der Waals surface area contributed by atoms with E-state index in [1.165, 1.54) is 19.3 Å². The quantitative estimate of drug-likeness (QED) is 0.593. The minimum Gasteiger partial charge on any atom is -0.172 e. The second kappa shape index (κ2) is 2.78. The van der Waals surface area contributed by atoms with Gasteiger partial charge < -0.3 is 0 Å². The molecule has 7 atom stereocenters. The summed E-state index contributed by atoms with van der Waals surface area (Å²) in [6.07, 6.45) is 9.16. The molecular formula is C14H22S. The molecule has 5 rings (SSSR count). The highest BCUT2D eigenvalue weighted by Gasteiger charge is 2.61. The number of hydrogen-bond acceptors (Lipinski definition) is 1. The van der Waals surface area contributed by atoms with E-state index >= 15 is 0 Å². The Bertz CT molecular complexity index is 296. The van der Waals surface area contributed by atoms with Crippen LogP contribution in [0.4, 0.5) is 0 Å². The Kier molecular flexibility index (Phi) is 1.74. The maximum atomic E-state index is 5.00. The van der Waals surface area contributed by atoms with Crippen LogP contribution in [0, 0.1) is 35.5 Å². The summed E-state index contributed by atoms with van der Waals surface area (Å²) in [4.78, 5) is 0. The molecule has 0 radical (unpaired) electrons. The summed E-state index contributed by atoms with van der Waals surface area (Å²) in [5.74, 6) is 6.50. The molecule has 5 saturated carbocycles. The van der Waals surface area contributed by atoms with Gasteiger partial charge in [0.25, 0.3) is 0 Å². The van der Waals surface area contributed by atoms with E-state index in [4.69, 9.17) is 12.6 Å².